The lowest BCUT2D eigenvalue weighted by Crippen LogP contribution is -2.23. The average Bonchev–Trinajstić information content (AvgIpc) is 2.17. The van der Waals surface area contributed by atoms with Gasteiger partial charge in [0.15, 0.2) is 0 Å². The van der Waals surface area contributed by atoms with Gasteiger partial charge in [0, 0.05) is 20.6 Å². The number of rotatable bonds is 3. The summed E-state index contributed by atoms with van der Waals surface area (Å²) in [7, 11) is 3.42. The lowest BCUT2D eigenvalue weighted by atomic mass is 10.3. The summed E-state index contributed by atoms with van der Waals surface area (Å²) in [6.45, 7) is 2.79. The number of hydrogen-bond acceptors (Lipinski definition) is 3. The molecule has 0 fully saturated rings. The van der Waals surface area contributed by atoms with E-state index in [1.54, 1.807) is 20.2 Å². The van der Waals surface area contributed by atoms with Gasteiger partial charge in [-0.3, -0.25) is 4.79 Å². The van der Waals surface area contributed by atoms with Crippen LogP contribution in [-0.2, 0) is 0 Å². The van der Waals surface area contributed by atoms with Crippen LogP contribution < -0.4 is 5.32 Å². The molecule has 0 saturated heterocycles. The van der Waals surface area contributed by atoms with Crippen LogP contribution in [0.1, 0.15) is 17.4 Å². The normalized spacial score (nSPS) is 9.64. The number of carbonyl (C=O) groups is 1. The van der Waals surface area contributed by atoms with E-state index in [4.69, 9.17) is 0 Å². The maximum atomic E-state index is 11.5. The number of nitrogens with zero attached hydrogens (tertiary/aromatic N) is 2. The molecular formula is C10H15N3O. The average molecular weight is 193 g/mol. The van der Waals surface area contributed by atoms with Crippen LogP contribution in [0.4, 0.5) is 5.82 Å². The van der Waals surface area contributed by atoms with Crippen LogP contribution in [0.25, 0.3) is 0 Å². The molecule has 0 unspecified atom stereocenters. The number of carbonyl (C=O) groups excluding carboxylic acids is 1. The molecule has 1 aromatic rings. The minimum absolute atomic E-state index is 0.0789. The van der Waals surface area contributed by atoms with Crippen LogP contribution in [-0.4, -0.2) is 36.4 Å². The van der Waals surface area contributed by atoms with Crippen LogP contribution in [0.3, 0.4) is 0 Å². The second-order valence-corrected chi connectivity index (χ2v) is 3.14. The Balaban J connectivity index is 2.88. The van der Waals surface area contributed by atoms with E-state index in [0.29, 0.717) is 5.69 Å². The smallest absolute Gasteiger partial charge is 0.272 e. The zero-order valence-corrected chi connectivity index (χ0v) is 8.74. The first-order chi connectivity index (χ1) is 6.65. The van der Waals surface area contributed by atoms with Crippen molar-refractivity contribution >= 4 is 11.7 Å². The third-order valence-electron chi connectivity index (χ3n) is 1.73. The fraction of sp³-hybridized carbons (Fsp3) is 0.400. The van der Waals surface area contributed by atoms with Crippen LogP contribution in [0.5, 0.6) is 0 Å². The minimum Gasteiger partial charge on any atom is -0.370 e. The van der Waals surface area contributed by atoms with Crippen LogP contribution in [0, 0.1) is 0 Å². The van der Waals surface area contributed by atoms with E-state index in [0.717, 1.165) is 12.4 Å². The molecule has 0 aliphatic rings. The van der Waals surface area contributed by atoms with Crippen LogP contribution in [0.15, 0.2) is 18.2 Å². The van der Waals surface area contributed by atoms with Crippen molar-refractivity contribution in [1.82, 2.24) is 9.88 Å². The Labute approximate surface area is 83.9 Å². The number of nitrogens with one attached hydrogen (secondary N) is 1. The Kier molecular flexibility index (Phi) is 3.45. The highest BCUT2D eigenvalue weighted by atomic mass is 16.2. The number of pyridine rings is 1. The van der Waals surface area contributed by atoms with Gasteiger partial charge in [0.1, 0.15) is 11.5 Å². The second kappa shape index (κ2) is 4.60. The van der Waals surface area contributed by atoms with Crippen molar-refractivity contribution in [3.05, 3.63) is 23.9 Å². The van der Waals surface area contributed by atoms with Gasteiger partial charge in [0.2, 0.25) is 0 Å². The molecule has 1 amide bonds. The molecule has 0 atom stereocenters. The Hall–Kier alpha value is -1.58. The predicted octanol–water partition coefficient (Wildman–Crippen LogP) is 1.22. The first-order valence-electron chi connectivity index (χ1n) is 4.57. The van der Waals surface area contributed by atoms with Gasteiger partial charge < -0.3 is 10.2 Å². The molecule has 0 aliphatic carbocycles. The first-order valence-corrected chi connectivity index (χ1v) is 4.57. The van der Waals surface area contributed by atoms with E-state index >= 15 is 0 Å². The number of hydrogen-bond donors (Lipinski definition) is 1. The van der Waals surface area contributed by atoms with E-state index in [1.807, 2.05) is 19.1 Å². The van der Waals surface area contributed by atoms with Gasteiger partial charge >= 0.3 is 0 Å². The summed E-state index contributed by atoms with van der Waals surface area (Å²) in [4.78, 5) is 17.2. The monoisotopic (exact) mass is 193 g/mol. The molecular weight excluding hydrogens is 178 g/mol. The van der Waals surface area contributed by atoms with Gasteiger partial charge in [0.05, 0.1) is 0 Å². The minimum atomic E-state index is -0.0789. The number of amides is 1. The van der Waals surface area contributed by atoms with Crippen molar-refractivity contribution in [1.29, 1.82) is 0 Å². The standard InChI is InChI=1S/C10H15N3O/c1-4-11-9-7-5-6-8(12-9)10(14)13(2)3/h5-7H,4H2,1-3H3,(H,11,12). The molecule has 76 valence electrons. The molecule has 0 aliphatic heterocycles. The Morgan fingerprint density at radius 2 is 2.21 bits per heavy atom. The zero-order chi connectivity index (χ0) is 10.6. The Morgan fingerprint density at radius 3 is 2.79 bits per heavy atom. The highest BCUT2D eigenvalue weighted by Gasteiger charge is 2.09. The molecule has 1 aromatic heterocycles. The topological polar surface area (TPSA) is 45.2 Å². The van der Waals surface area contributed by atoms with E-state index < -0.39 is 0 Å². The maximum absolute atomic E-state index is 11.5. The van der Waals surface area contributed by atoms with Crippen molar-refractivity contribution < 1.29 is 4.79 Å². The number of aromatic nitrogens is 1. The molecule has 1 heterocycles. The SMILES string of the molecule is CCNc1cccc(C(=O)N(C)C)n1. The van der Waals surface area contributed by atoms with Gasteiger partial charge in [-0.25, -0.2) is 4.98 Å². The quantitative estimate of drug-likeness (QED) is 0.785. The number of anilines is 1. The largest absolute Gasteiger partial charge is 0.370 e. The van der Waals surface area contributed by atoms with Crippen molar-refractivity contribution in [2.24, 2.45) is 0 Å². The molecule has 0 spiro atoms. The highest BCUT2D eigenvalue weighted by molar-refractivity contribution is 5.92. The van der Waals surface area contributed by atoms with E-state index in [9.17, 15) is 4.79 Å². The summed E-state index contributed by atoms with van der Waals surface area (Å²) in [6, 6.07) is 5.38. The summed E-state index contributed by atoms with van der Waals surface area (Å²) < 4.78 is 0. The second-order valence-electron chi connectivity index (χ2n) is 3.14. The van der Waals surface area contributed by atoms with Crippen LogP contribution >= 0.6 is 0 Å². The van der Waals surface area contributed by atoms with E-state index in [-0.39, 0.29) is 5.91 Å². The highest BCUT2D eigenvalue weighted by Crippen LogP contribution is 2.05. The lowest BCUT2D eigenvalue weighted by Gasteiger charge is -2.10. The zero-order valence-electron chi connectivity index (χ0n) is 8.74. The summed E-state index contributed by atoms with van der Waals surface area (Å²) in [5, 5.41) is 3.06. The van der Waals surface area contributed by atoms with Gasteiger partial charge in [-0.05, 0) is 19.1 Å². The Bertz CT molecular complexity index is 323. The molecule has 0 saturated carbocycles. The van der Waals surface area contributed by atoms with Gasteiger partial charge in [0.25, 0.3) is 5.91 Å². The maximum Gasteiger partial charge on any atom is 0.272 e. The molecule has 1 rings (SSSR count). The first kappa shape index (κ1) is 10.5. The molecule has 0 aromatic carbocycles. The van der Waals surface area contributed by atoms with E-state index in [1.165, 1.54) is 4.90 Å². The third-order valence-corrected chi connectivity index (χ3v) is 1.73. The van der Waals surface area contributed by atoms with E-state index in [2.05, 4.69) is 10.3 Å². The molecule has 0 bridgehead atoms. The summed E-state index contributed by atoms with van der Waals surface area (Å²) in [5.74, 6) is 0.657. The molecule has 4 heteroatoms. The molecule has 0 radical (unpaired) electrons. The third kappa shape index (κ3) is 2.45. The van der Waals surface area contributed by atoms with Crippen molar-refractivity contribution in [3.8, 4) is 0 Å². The predicted molar refractivity (Wildman–Crippen MR) is 56.4 cm³/mol. The summed E-state index contributed by atoms with van der Waals surface area (Å²) in [6.07, 6.45) is 0. The van der Waals surface area contributed by atoms with Gasteiger partial charge in [-0.15, -0.1) is 0 Å². The molecule has 4 nitrogen and oxygen atoms in total. The summed E-state index contributed by atoms with van der Waals surface area (Å²) in [5.41, 5.74) is 0.466. The molecule has 14 heavy (non-hydrogen) atoms. The van der Waals surface area contributed by atoms with Gasteiger partial charge in [-0.2, -0.15) is 0 Å². The summed E-state index contributed by atoms with van der Waals surface area (Å²) >= 11 is 0. The van der Waals surface area contributed by atoms with Crippen molar-refractivity contribution in [2.75, 3.05) is 26.0 Å². The van der Waals surface area contributed by atoms with Gasteiger partial charge in [-0.1, -0.05) is 6.07 Å². The Morgan fingerprint density at radius 1 is 1.50 bits per heavy atom. The lowest BCUT2D eigenvalue weighted by molar-refractivity contribution is 0.0822. The fourth-order valence-corrected chi connectivity index (χ4v) is 1.06. The fourth-order valence-electron chi connectivity index (χ4n) is 1.06. The molecule has 1 N–H and O–H groups in total. The van der Waals surface area contributed by atoms with Crippen LogP contribution in [0.2, 0.25) is 0 Å². The van der Waals surface area contributed by atoms with Crippen molar-refractivity contribution in [2.45, 2.75) is 6.92 Å². The van der Waals surface area contributed by atoms with Crippen molar-refractivity contribution in [3.63, 3.8) is 0 Å².